The van der Waals surface area contributed by atoms with Gasteiger partial charge < -0.3 is 10.1 Å². The monoisotopic (exact) mass is 293 g/mol. The van der Waals surface area contributed by atoms with Crippen LogP contribution in [0.1, 0.15) is 10.4 Å². The first-order valence-electron chi connectivity index (χ1n) is 6.30. The number of hydrogen-bond donors (Lipinski definition) is 1. The highest BCUT2D eigenvalue weighted by molar-refractivity contribution is 7.09. The first-order chi connectivity index (χ1) is 9.69. The Bertz CT molecular complexity index is 569. The number of benzene rings is 1. The molecule has 5 heteroatoms. The highest BCUT2D eigenvalue weighted by Gasteiger charge is 2.09. The number of amides is 1. The minimum absolute atomic E-state index is 0.116. The molecule has 0 unspecified atom stereocenters. The number of ether oxygens (including phenoxy) is 1. The van der Waals surface area contributed by atoms with Gasteiger partial charge in [-0.3, -0.25) is 4.79 Å². The van der Waals surface area contributed by atoms with E-state index in [9.17, 15) is 9.18 Å². The predicted molar refractivity (Wildman–Crippen MR) is 77.7 cm³/mol. The van der Waals surface area contributed by atoms with E-state index in [0.29, 0.717) is 17.9 Å². The molecule has 1 heterocycles. The summed E-state index contributed by atoms with van der Waals surface area (Å²) in [5.74, 6) is 0.0254. The summed E-state index contributed by atoms with van der Waals surface area (Å²) in [6, 6.07) is 8.20. The lowest BCUT2D eigenvalue weighted by Crippen LogP contribution is -2.27. The standard InChI is InChI=1S/C15H16FNO2S/c1-19-14-5-4-12(16)9-11(14)10-15(18)17-7-6-13-3-2-8-20-13/h2-5,8-9H,6-7,10H2,1H3,(H,17,18). The van der Waals surface area contributed by atoms with Gasteiger partial charge in [-0.1, -0.05) is 6.07 Å². The third-order valence-electron chi connectivity index (χ3n) is 2.87. The molecule has 0 saturated carbocycles. The zero-order chi connectivity index (χ0) is 14.4. The maximum Gasteiger partial charge on any atom is 0.224 e. The maximum atomic E-state index is 13.2. The summed E-state index contributed by atoms with van der Waals surface area (Å²) in [6.45, 7) is 0.580. The van der Waals surface area contributed by atoms with Gasteiger partial charge in [0.1, 0.15) is 11.6 Å². The van der Waals surface area contributed by atoms with Crippen LogP contribution in [0.5, 0.6) is 5.75 Å². The molecule has 0 radical (unpaired) electrons. The fourth-order valence-electron chi connectivity index (χ4n) is 1.90. The van der Waals surface area contributed by atoms with Gasteiger partial charge in [-0.05, 0) is 36.1 Å². The minimum Gasteiger partial charge on any atom is -0.496 e. The van der Waals surface area contributed by atoms with Crippen LogP contribution < -0.4 is 10.1 Å². The average molecular weight is 293 g/mol. The summed E-state index contributed by atoms with van der Waals surface area (Å²) >= 11 is 1.67. The molecule has 0 spiro atoms. The summed E-state index contributed by atoms with van der Waals surface area (Å²) in [7, 11) is 1.51. The second-order valence-corrected chi connectivity index (χ2v) is 5.34. The molecule has 0 fully saturated rings. The van der Waals surface area contributed by atoms with E-state index in [2.05, 4.69) is 5.32 Å². The quantitative estimate of drug-likeness (QED) is 0.889. The van der Waals surface area contributed by atoms with Gasteiger partial charge in [0.25, 0.3) is 0 Å². The van der Waals surface area contributed by atoms with Crippen LogP contribution in [0.4, 0.5) is 4.39 Å². The van der Waals surface area contributed by atoms with Gasteiger partial charge in [0.2, 0.25) is 5.91 Å². The number of hydrogen-bond acceptors (Lipinski definition) is 3. The van der Waals surface area contributed by atoms with Crippen molar-refractivity contribution >= 4 is 17.2 Å². The third kappa shape index (κ3) is 4.06. The van der Waals surface area contributed by atoms with Gasteiger partial charge >= 0.3 is 0 Å². The van der Waals surface area contributed by atoms with Crippen LogP contribution in [0.2, 0.25) is 0 Å². The van der Waals surface area contributed by atoms with E-state index in [1.807, 2.05) is 17.5 Å². The van der Waals surface area contributed by atoms with Crippen molar-refractivity contribution in [2.24, 2.45) is 0 Å². The predicted octanol–water partition coefficient (Wildman–Crippen LogP) is 2.80. The normalized spacial score (nSPS) is 10.3. The molecule has 2 aromatic rings. The summed E-state index contributed by atoms with van der Waals surface area (Å²) in [6.07, 6.45) is 0.926. The van der Waals surface area contributed by atoms with E-state index in [0.717, 1.165) is 6.42 Å². The molecule has 1 aromatic carbocycles. The third-order valence-corrected chi connectivity index (χ3v) is 3.80. The second kappa shape index (κ2) is 7.05. The minimum atomic E-state index is -0.368. The van der Waals surface area contributed by atoms with Crippen molar-refractivity contribution in [2.75, 3.05) is 13.7 Å². The molecule has 20 heavy (non-hydrogen) atoms. The summed E-state index contributed by atoms with van der Waals surface area (Å²) in [5.41, 5.74) is 0.557. The van der Waals surface area contributed by atoms with Gasteiger partial charge in [-0.25, -0.2) is 4.39 Å². The lowest BCUT2D eigenvalue weighted by atomic mass is 10.1. The Labute approximate surface area is 121 Å². The second-order valence-electron chi connectivity index (χ2n) is 4.31. The van der Waals surface area contributed by atoms with Crippen molar-refractivity contribution in [1.82, 2.24) is 5.32 Å². The molecule has 1 amide bonds. The number of rotatable bonds is 6. The highest BCUT2D eigenvalue weighted by Crippen LogP contribution is 2.19. The van der Waals surface area contributed by atoms with Crippen LogP contribution in [0.3, 0.4) is 0 Å². The van der Waals surface area contributed by atoms with E-state index in [4.69, 9.17) is 4.74 Å². The average Bonchev–Trinajstić information content (AvgIpc) is 2.92. The first kappa shape index (κ1) is 14.5. The fourth-order valence-corrected chi connectivity index (χ4v) is 2.61. The Morgan fingerprint density at radius 3 is 2.95 bits per heavy atom. The Morgan fingerprint density at radius 1 is 1.40 bits per heavy atom. The van der Waals surface area contributed by atoms with Gasteiger partial charge in [0, 0.05) is 17.0 Å². The molecule has 0 saturated heterocycles. The summed E-state index contributed by atoms with van der Waals surface area (Å²) in [4.78, 5) is 13.1. The number of thiophene rings is 1. The van der Waals surface area contributed by atoms with Crippen LogP contribution in [-0.4, -0.2) is 19.6 Å². The highest BCUT2D eigenvalue weighted by atomic mass is 32.1. The molecule has 0 aliphatic carbocycles. The zero-order valence-electron chi connectivity index (χ0n) is 11.2. The number of carbonyl (C=O) groups is 1. The maximum absolute atomic E-state index is 13.2. The molecule has 0 aliphatic heterocycles. The molecule has 1 N–H and O–H groups in total. The molecule has 0 aliphatic rings. The topological polar surface area (TPSA) is 38.3 Å². The lowest BCUT2D eigenvalue weighted by molar-refractivity contribution is -0.120. The van der Waals surface area contributed by atoms with E-state index >= 15 is 0 Å². The largest absolute Gasteiger partial charge is 0.496 e. The van der Waals surface area contributed by atoms with Crippen LogP contribution in [0, 0.1) is 5.82 Å². The molecular formula is C15H16FNO2S. The van der Waals surface area contributed by atoms with Crippen molar-refractivity contribution < 1.29 is 13.9 Å². The Kier molecular flexibility index (Phi) is 5.12. The molecule has 106 valence electrons. The molecule has 2 rings (SSSR count). The van der Waals surface area contributed by atoms with Gasteiger partial charge in [-0.15, -0.1) is 11.3 Å². The van der Waals surface area contributed by atoms with E-state index in [1.165, 1.54) is 30.2 Å². The number of methoxy groups -OCH3 is 1. The summed E-state index contributed by atoms with van der Waals surface area (Å²) < 4.78 is 18.3. The number of halogens is 1. The lowest BCUT2D eigenvalue weighted by Gasteiger charge is -2.09. The van der Waals surface area contributed by atoms with Gasteiger partial charge in [0.05, 0.1) is 13.5 Å². The van der Waals surface area contributed by atoms with Crippen LogP contribution in [-0.2, 0) is 17.6 Å². The Morgan fingerprint density at radius 2 is 2.25 bits per heavy atom. The van der Waals surface area contributed by atoms with Crippen molar-refractivity contribution in [3.63, 3.8) is 0 Å². The van der Waals surface area contributed by atoms with Crippen molar-refractivity contribution in [1.29, 1.82) is 0 Å². The molecule has 0 bridgehead atoms. The van der Waals surface area contributed by atoms with E-state index < -0.39 is 0 Å². The van der Waals surface area contributed by atoms with E-state index in [-0.39, 0.29) is 18.1 Å². The van der Waals surface area contributed by atoms with Crippen LogP contribution in [0.25, 0.3) is 0 Å². The van der Waals surface area contributed by atoms with E-state index in [1.54, 1.807) is 11.3 Å². The smallest absolute Gasteiger partial charge is 0.224 e. The Hall–Kier alpha value is -1.88. The van der Waals surface area contributed by atoms with Crippen LogP contribution >= 0.6 is 11.3 Å². The van der Waals surface area contributed by atoms with Crippen LogP contribution in [0.15, 0.2) is 35.7 Å². The van der Waals surface area contributed by atoms with Crippen molar-refractivity contribution in [3.05, 3.63) is 52.0 Å². The van der Waals surface area contributed by atoms with Gasteiger partial charge in [0.15, 0.2) is 0 Å². The zero-order valence-corrected chi connectivity index (χ0v) is 12.0. The fraction of sp³-hybridized carbons (Fsp3) is 0.267. The number of carbonyl (C=O) groups excluding carboxylic acids is 1. The van der Waals surface area contributed by atoms with Gasteiger partial charge in [-0.2, -0.15) is 0 Å². The molecule has 0 atom stereocenters. The number of nitrogens with one attached hydrogen (secondary N) is 1. The SMILES string of the molecule is COc1ccc(F)cc1CC(=O)NCCc1cccs1. The first-order valence-corrected chi connectivity index (χ1v) is 7.18. The molecule has 1 aromatic heterocycles. The van der Waals surface area contributed by atoms with Crippen molar-refractivity contribution in [2.45, 2.75) is 12.8 Å². The summed E-state index contributed by atoms with van der Waals surface area (Å²) in [5, 5.41) is 4.84. The Balaban J connectivity index is 1.86. The molecular weight excluding hydrogens is 277 g/mol. The molecule has 3 nitrogen and oxygen atoms in total. The van der Waals surface area contributed by atoms with Crippen molar-refractivity contribution in [3.8, 4) is 5.75 Å².